The van der Waals surface area contributed by atoms with Crippen molar-refractivity contribution >= 4 is 28.5 Å². The third-order valence-corrected chi connectivity index (χ3v) is 4.31. The van der Waals surface area contributed by atoms with Crippen molar-refractivity contribution in [2.75, 3.05) is 18.0 Å². The highest BCUT2D eigenvalue weighted by molar-refractivity contribution is 6.29. The summed E-state index contributed by atoms with van der Waals surface area (Å²) < 4.78 is 0. The van der Waals surface area contributed by atoms with Crippen LogP contribution in [0.4, 0.5) is 5.82 Å². The van der Waals surface area contributed by atoms with E-state index in [0.29, 0.717) is 11.1 Å². The van der Waals surface area contributed by atoms with Gasteiger partial charge in [0.2, 0.25) is 0 Å². The zero-order valence-electron chi connectivity index (χ0n) is 12.0. The number of piperidine rings is 1. The Hall–Kier alpha value is -2.14. The van der Waals surface area contributed by atoms with E-state index < -0.39 is 0 Å². The van der Waals surface area contributed by atoms with Crippen LogP contribution in [0.25, 0.3) is 11.0 Å². The first-order chi connectivity index (χ1) is 10.8. The summed E-state index contributed by atoms with van der Waals surface area (Å²) >= 11 is 5.95. The highest BCUT2D eigenvalue weighted by Crippen LogP contribution is 2.29. The number of H-pyrrole nitrogens is 1. The van der Waals surface area contributed by atoms with Crippen molar-refractivity contribution in [1.29, 1.82) is 0 Å². The summed E-state index contributed by atoms with van der Waals surface area (Å²) in [6, 6.07) is 8.15. The lowest BCUT2D eigenvalue weighted by atomic mass is 9.97. The standard InChI is InChI=1S/C16H16ClN5/c17-14-8-18-9-15(21-14)22-7-3-4-11(10-22)16-19-12-5-1-2-6-13(12)20-16/h1-2,5-6,8-9,11H,3-4,7,10H2,(H,19,20). The van der Waals surface area contributed by atoms with Gasteiger partial charge < -0.3 is 9.88 Å². The fraction of sp³-hybridized carbons (Fsp3) is 0.312. The van der Waals surface area contributed by atoms with E-state index in [-0.39, 0.29) is 0 Å². The summed E-state index contributed by atoms with van der Waals surface area (Å²) in [5.41, 5.74) is 2.12. The van der Waals surface area contributed by atoms with Crippen LogP contribution >= 0.6 is 11.6 Å². The van der Waals surface area contributed by atoms with Crippen LogP contribution in [-0.2, 0) is 0 Å². The number of nitrogens with zero attached hydrogens (tertiary/aromatic N) is 4. The predicted molar refractivity (Wildman–Crippen MR) is 87.3 cm³/mol. The summed E-state index contributed by atoms with van der Waals surface area (Å²) in [5, 5.41) is 0.434. The molecule has 1 aromatic carbocycles. The van der Waals surface area contributed by atoms with Crippen LogP contribution < -0.4 is 4.90 Å². The Balaban J connectivity index is 1.60. The fourth-order valence-electron chi connectivity index (χ4n) is 3.06. The van der Waals surface area contributed by atoms with Crippen LogP contribution in [0.15, 0.2) is 36.7 Å². The van der Waals surface area contributed by atoms with Crippen LogP contribution in [0.2, 0.25) is 5.15 Å². The van der Waals surface area contributed by atoms with Gasteiger partial charge in [0.1, 0.15) is 16.8 Å². The minimum Gasteiger partial charge on any atom is -0.355 e. The molecule has 4 rings (SSSR count). The number of aromatic nitrogens is 4. The molecule has 0 spiro atoms. The first kappa shape index (κ1) is 13.5. The summed E-state index contributed by atoms with van der Waals surface area (Å²) in [5.74, 6) is 2.27. The smallest absolute Gasteiger partial charge is 0.149 e. The second-order valence-electron chi connectivity index (χ2n) is 5.62. The SMILES string of the molecule is Clc1cncc(N2CCCC(c3nc4ccccc4[nH]3)C2)n1. The Morgan fingerprint density at radius 1 is 1.18 bits per heavy atom. The number of nitrogens with one attached hydrogen (secondary N) is 1. The van der Waals surface area contributed by atoms with Gasteiger partial charge in [0.15, 0.2) is 0 Å². The van der Waals surface area contributed by atoms with Gasteiger partial charge in [0, 0.05) is 19.0 Å². The molecule has 0 amide bonds. The molecule has 1 N–H and O–H groups in total. The lowest BCUT2D eigenvalue weighted by Gasteiger charge is -2.32. The summed E-state index contributed by atoms with van der Waals surface area (Å²) in [6.45, 7) is 1.86. The Morgan fingerprint density at radius 3 is 2.95 bits per heavy atom. The predicted octanol–water partition coefficient (Wildman–Crippen LogP) is 3.39. The fourth-order valence-corrected chi connectivity index (χ4v) is 3.20. The number of rotatable bonds is 2. The number of aromatic amines is 1. The van der Waals surface area contributed by atoms with Gasteiger partial charge in [-0.2, -0.15) is 0 Å². The van der Waals surface area contributed by atoms with Gasteiger partial charge >= 0.3 is 0 Å². The highest BCUT2D eigenvalue weighted by Gasteiger charge is 2.24. The summed E-state index contributed by atoms with van der Waals surface area (Å²) in [4.78, 5) is 18.9. The largest absolute Gasteiger partial charge is 0.355 e. The minimum absolute atomic E-state index is 0.377. The number of para-hydroxylation sites is 2. The number of halogens is 1. The molecule has 22 heavy (non-hydrogen) atoms. The van der Waals surface area contributed by atoms with E-state index in [4.69, 9.17) is 16.6 Å². The molecule has 0 radical (unpaired) electrons. The maximum absolute atomic E-state index is 5.95. The van der Waals surface area contributed by atoms with Crippen molar-refractivity contribution in [3.63, 3.8) is 0 Å². The molecule has 3 aromatic rings. The van der Waals surface area contributed by atoms with Crippen LogP contribution in [0, 0.1) is 0 Å². The summed E-state index contributed by atoms with van der Waals surface area (Å²) in [7, 11) is 0. The third-order valence-electron chi connectivity index (χ3n) is 4.13. The lowest BCUT2D eigenvalue weighted by Crippen LogP contribution is -2.35. The number of anilines is 1. The second-order valence-corrected chi connectivity index (χ2v) is 6.01. The van der Waals surface area contributed by atoms with Gasteiger partial charge in [-0.05, 0) is 25.0 Å². The molecule has 112 valence electrons. The Morgan fingerprint density at radius 2 is 2.09 bits per heavy atom. The van der Waals surface area contributed by atoms with Gasteiger partial charge in [-0.25, -0.2) is 9.97 Å². The van der Waals surface area contributed by atoms with E-state index in [1.165, 1.54) is 0 Å². The zero-order chi connectivity index (χ0) is 14.9. The van der Waals surface area contributed by atoms with E-state index in [9.17, 15) is 0 Å². The Bertz CT molecular complexity index is 767. The normalized spacial score (nSPS) is 18.8. The number of fused-ring (bicyclic) bond motifs is 1. The third kappa shape index (κ3) is 2.52. The van der Waals surface area contributed by atoms with E-state index in [1.807, 2.05) is 18.2 Å². The van der Waals surface area contributed by atoms with Gasteiger partial charge in [0.05, 0.1) is 23.4 Å². The molecule has 1 unspecified atom stereocenters. The van der Waals surface area contributed by atoms with Crippen molar-refractivity contribution in [1.82, 2.24) is 19.9 Å². The molecule has 5 nitrogen and oxygen atoms in total. The molecular weight excluding hydrogens is 298 g/mol. The molecule has 1 saturated heterocycles. The molecule has 0 bridgehead atoms. The number of hydrogen-bond donors (Lipinski definition) is 1. The minimum atomic E-state index is 0.377. The van der Waals surface area contributed by atoms with Crippen LogP contribution in [0.1, 0.15) is 24.6 Å². The average molecular weight is 314 g/mol. The maximum atomic E-state index is 5.95. The van der Waals surface area contributed by atoms with E-state index in [1.54, 1.807) is 12.4 Å². The van der Waals surface area contributed by atoms with Gasteiger partial charge in [0.25, 0.3) is 0 Å². The van der Waals surface area contributed by atoms with Crippen LogP contribution in [0.5, 0.6) is 0 Å². The van der Waals surface area contributed by atoms with Crippen LogP contribution in [0.3, 0.4) is 0 Å². The molecule has 3 heterocycles. The summed E-state index contributed by atoms with van der Waals surface area (Å²) in [6.07, 6.45) is 5.57. The van der Waals surface area contributed by atoms with E-state index >= 15 is 0 Å². The molecule has 0 saturated carbocycles. The van der Waals surface area contributed by atoms with Crippen LogP contribution in [-0.4, -0.2) is 33.0 Å². The van der Waals surface area contributed by atoms with Crippen molar-refractivity contribution in [2.45, 2.75) is 18.8 Å². The average Bonchev–Trinajstić information content (AvgIpc) is 2.99. The molecular formula is C16H16ClN5. The maximum Gasteiger partial charge on any atom is 0.149 e. The van der Waals surface area contributed by atoms with Gasteiger partial charge in [-0.1, -0.05) is 23.7 Å². The lowest BCUT2D eigenvalue weighted by molar-refractivity contribution is 0.492. The van der Waals surface area contributed by atoms with Gasteiger partial charge in [-0.15, -0.1) is 0 Å². The van der Waals surface area contributed by atoms with Crippen molar-refractivity contribution < 1.29 is 0 Å². The Kier molecular flexibility index (Phi) is 3.42. The zero-order valence-corrected chi connectivity index (χ0v) is 12.8. The highest BCUT2D eigenvalue weighted by atomic mass is 35.5. The van der Waals surface area contributed by atoms with Crippen molar-refractivity contribution in [3.05, 3.63) is 47.6 Å². The van der Waals surface area contributed by atoms with E-state index in [0.717, 1.165) is 48.6 Å². The molecule has 1 aliphatic heterocycles. The first-order valence-electron chi connectivity index (χ1n) is 7.47. The Labute approximate surface area is 133 Å². The molecule has 1 fully saturated rings. The van der Waals surface area contributed by atoms with Crippen molar-refractivity contribution in [2.24, 2.45) is 0 Å². The first-order valence-corrected chi connectivity index (χ1v) is 7.84. The number of imidazole rings is 1. The molecule has 0 aliphatic carbocycles. The van der Waals surface area contributed by atoms with Crippen molar-refractivity contribution in [3.8, 4) is 0 Å². The second kappa shape index (κ2) is 5.57. The topological polar surface area (TPSA) is 57.7 Å². The van der Waals surface area contributed by atoms with E-state index in [2.05, 4.69) is 25.9 Å². The molecule has 1 atom stereocenters. The van der Waals surface area contributed by atoms with Gasteiger partial charge in [-0.3, -0.25) is 4.98 Å². The molecule has 2 aromatic heterocycles. The molecule has 6 heteroatoms. The number of hydrogen-bond acceptors (Lipinski definition) is 4. The molecule has 1 aliphatic rings. The number of benzene rings is 1. The monoisotopic (exact) mass is 313 g/mol. The quantitative estimate of drug-likeness (QED) is 0.788.